The Morgan fingerprint density at radius 3 is 2.36 bits per heavy atom. The SMILES string of the molecule is O=C([O-])CCC(=O)NC1CCCCC1. The zero-order chi connectivity index (χ0) is 10.4. The lowest BCUT2D eigenvalue weighted by molar-refractivity contribution is -0.305. The highest BCUT2D eigenvalue weighted by Crippen LogP contribution is 2.17. The molecule has 1 aliphatic rings. The van der Waals surface area contributed by atoms with Crippen LogP contribution in [0.2, 0.25) is 0 Å². The summed E-state index contributed by atoms with van der Waals surface area (Å²) in [5.41, 5.74) is 0. The normalized spacial score (nSPS) is 17.7. The van der Waals surface area contributed by atoms with E-state index in [4.69, 9.17) is 0 Å². The average Bonchev–Trinajstić information content (AvgIpc) is 2.16. The summed E-state index contributed by atoms with van der Waals surface area (Å²) in [5.74, 6) is -1.33. The first-order valence-corrected chi connectivity index (χ1v) is 5.17. The third kappa shape index (κ3) is 4.25. The van der Waals surface area contributed by atoms with E-state index in [2.05, 4.69) is 5.32 Å². The van der Waals surface area contributed by atoms with Gasteiger partial charge in [0, 0.05) is 18.4 Å². The lowest BCUT2D eigenvalue weighted by Crippen LogP contribution is -2.37. The van der Waals surface area contributed by atoms with Gasteiger partial charge in [-0.15, -0.1) is 0 Å². The molecule has 1 aliphatic carbocycles. The number of carboxylic acids is 1. The first kappa shape index (κ1) is 11.0. The molecule has 0 aromatic heterocycles. The van der Waals surface area contributed by atoms with E-state index in [1.165, 1.54) is 6.42 Å². The van der Waals surface area contributed by atoms with Crippen molar-refractivity contribution in [1.29, 1.82) is 0 Å². The summed E-state index contributed by atoms with van der Waals surface area (Å²) >= 11 is 0. The summed E-state index contributed by atoms with van der Waals surface area (Å²) < 4.78 is 0. The van der Waals surface area contributed by atoms with Gasteiger partial charge < -0.3 is 15.2 Å². The highest BCUT2D eigenvalue weighted by Gasteiger charge is 2.14. The highest BCUT2D eigenvalue weighted by molar-refractivity contribution is 5.80. The quantitative estimate of drug-likeness (QED) is 0.689. The van der Waals surface area contributed by atoms with Crippen LogP contribution in [0.25, 0.3) is 0 Å². The standard InChI is InChI=1S/C10H17NO3/c12-9(6-7-10(13)14)11-8-4-2-1-3-5-8/h8H,1-7H2,(H,11,12)(H,13,14)/p-1. The third-order valence-corrected chi connectivity index (χ3v) is 2.53. The average molecular weight is 198 g/mol. The molecule has 0 heterocycles. The maximum Gasteiger partial charge on any atom is 0.220 e. The summed E-state index contributed by atoms with van der Waals surface area (Å²) in [5, 5.41) is 12.9. The van der Waals surface area contributed by atoms with Gasteiger partial charge in [-0.3, -0.25) is 4.79 Å². The summed E-state index contributed by atoms with van der Waals surface area (Å²) in [4.78, 5) is 21.3. The van der Waals surface area contributed by atoms with E-state index in [0.29, 0.717) is 0 Å². The molecule has 0 aromatic carbocycles. The van der Waals surface area contributed by atoms with Gasteiger partial charge in [-0.05, 0) is 19.3 Å². The van der Waals surface area contributed by atoms with E-state index in [9.17, 15) is 14.7 Å². The molecule has 80 valence electrons. The van der Waals surface area contributed by atoms with E-state index in [1.54, 1.807) is 0 Å². The Bertz CT molecular complexity index is 209. The van der Waals surface area contributed by atoms with Crippen LogP contribution in [0.15, 0.2) is 0 Å². The maximum atomic E-state index is 11.2. The van der Waals surface area contributed by atoms with E-state index in [0.717, 1.165) is 25.7 Å². The van der Waals surface area contributed by atoms with Crippen molar-refractivity contribution >= 4 is 11.9 Å². The van der Waals surface area contributed by atoms with Gasteiger partial charge >= 0.3 is 0 Å². The minimum Gasteiger partial charge on any atom is -0.550 e. The number of carboxylic acid groups (broad SMARTS) is 1. The summed E-state index contributed by atoms with van der Waals surface area (Å²) in [6.07, 6.45) is 5.47. The fourth-order valence-corrected chi connectivity index (χ4v) is 1.76. The Kier molecular flexibility index (Phi) is 4.43. The van der Waals surface area contributed by atoms with Crippen molar-refractivity contribution in [2.24, 2.45) is 0 Å². The van der Waals surface area contributed by atoms with E-state index >= 15 is 0 Å². The Labute approximate surface area is 83.7 Å². The lowest BCUT2D eigenvalue weighted by atomic mass is 9.95. The number of hydrogen-bond acceptors (Lipinski definition) is 3. The molecule has 0 atom stereocenters. The number of amides is 1. The van der Waals surface area contributed by atoms with Crippen LogP contribution in [0.5, 0.6) is 0 Å². The number of rotatable bonds is 4. The molecule has 0 aliphatic heterocycles. The third-order valence-electron chi connectivity index (χ3n) is 2.53. The van der Waals surface area contributed by atoms with Crippen LogP contribution in [-0.2, 0) is 9.59 Å². The fourth-order valence-electron chi connectivity index (χ4n) is 1.76. The van der Waals surface area contributed by atoms with Gasteiger partial charge in [0.25, 0.3) is 0 Å². The van der Waals surface area contributed by atoms with Gasteiger partial charge in [-0.1, -0.05) is 19.3 Å². The van der Waals surface area contributed by atoms with Gasteiger partial charge in [-0.2, -0.15) is 0 Å². The Hall–Kier alpha value is -1.06. The minimum atomic E-state index is -1.16. The molecule has 0 bridgehead atoms. The monoisotopic (exact) mass is 198 g/mol. The van der Waals surface area contributed by atoms with Crippen LogP contribution in [0.4, 0.5) is 0 Å². The lowest BCUT2D eigenvalue weighted by Gasteiger charge is -2.22. The summed E-state index contributed by atoms with van der Waals surface area (Å²) in [6.45, 7) is 0. The number of carbonyl (C=O) groups is 2. The van der Waals surface area contributed by atoms with Gasteiger partial charge in [0.15, 0.2) is 0 Å². The molecule has 1 N–H and O–H groups in total. The van der Waals surface area contributed by atoms with Crippen molar-refractivity contribution in [2.45, 2.75) is 51.0 Å². The van der Waals surface area contributed by atoms with Crippen LogP contribution >= 0.6 is 0 Å². The van der Waals surface area contributed by atoms with Crippen molar-refractivity contribution in [2.75, 3.05) is 0 Å². The predicted molar refractivity (Wildman–Crippen MR) is 49.3 cm³/mol. The molecule has 14 heavy (non-hydrogen) atoms. The van der Waals surface area contributed by atoms with Crippen LogP contribution in [0.1, 0.15) is 44.9 Å². The maximum absolute atomic E-state index is 11.2. The molecule has 0 radical (unpaired) electrons. The molecule has 0 saturated heterocycles. The molecule has 1 saturated carbocycles. The first-order valence-electron chi connectivity index (χ1n) is 5.17. The second kappa shape index (κ2) is 5.62. The Morgan fingerprint density at radius 1 is 1.14 bits per heavy atom. The molecule has 0 aromatic rings. The number of carbonyl (C=O) groups excluding carboxylic acids is 2. The Morgan fingerprint density at radius 2 is 1.79 bits per heavy atom. The van der Waals surface area contributed by atoms with Gasteiger partial charge in [-0.25, -0.2) is 0 Å². The molecule has 4 nitrogen and oxygen atoms in total. The number of hydrogen-bond donors (Lipinski definition) is 1. The van der Waals surface area contributed by atoms with Crippen LogP contribution < -0.4 is 10.4 Å². The van der Waals surface area contributed by atoms with Crippen molar-refractivity contribution in [3.63, 3.8) is 0 Å². The molecule has 1 amide bonds. The highest BCUT2D eigenvalue weighted by atomic mass is 16.4. The van der Waals surface area contributed by atoms with Gasteiger partial charge in [0.1, 0.15) is 0 Å². The van der Waals surface area contributed by atoms with Gasteiger partial charge in [0.05, 0.1) is 0 Å². The van der Waals surface area contributed by atoms with E-state index in [-0.39, 0.29) is 24.8 Å². The topological polar surface area (TPSA) is 69.2 Å². The van der Waals surface area contributed by atoms with Gasteiger partial charge in [0.2, 0.25) is 5.91 Å². The summed E-state index contributed by atoms with van der Waals surface area (Å²) in [6, 6.07) is 0.262. The fraction of sp³-hybridized carbons (Fsp3) is 0.800. The van der Waals surface area contributed by atoms with Crippen LogP contribution in [-0.4, -0.2) is 17.9 Å². The van der Waals surface area contributed by atoms with E-state index in [1.807, 2.05) is 0 Å². The first-order chi connectivity index (χ1) is 6.68. The largest absolute Gasteiger partial charge is 0.550 e. The molecular weight excluding hydrogens is 182 g/mol. The minimum absolute atomic E-state index is 0.0405. The van der Waals surface area contributed by atoms with Crippen molar-refractivity contribution in [1.82, 2.24) is 5.32 Å². The smallest absolute Gasteiger partial charge is 0.220 e. The van der Waals surface area contributed by atoms with Crippen LogP contribution in [0.3, 0.4) is 0 Å². The zero-order valence-electron chi connectivity index (χ0n) is 8.25. The molecule has 1 rings (SSSR count). The van der Waals surface area contributed by atoms with Crippen molar-refractivity contribution in [3.05, 3.63) is 0 Å². The van der Waals surface area contributed by atoms with Crippen molar-refractivity contribution < 1.29 is 14.7 Å². The summed E-state index contributed by atoms with van der Waals surface area (Å²) in [7, 11) is 0. The van der Waals surface area contributed by atoms with Crippen LogP contribution in [0, 0.1) is 0 Å². The zero-order valence-corrected chi connectivity index (χ0v) is 8.25. The van der Waals surface area contributed by atoms with Crippen molar-refractivity contribution in [3.8, 4) is 0 Å². The number of aliphatic carboxylic acids is 1. The molecular formula is C10H16NO3-. The predicted octanol–water partition coefficient (Wildman–Crippen LogP) is -0.0346. The molecule has 4 heteroatoms. The molecule has 0 spiro atoms. The number of nitrogens with one attached hydrogen (secondary N) is 1. The van der Waals surface area contributed by atoms with E-state index < -0.39 is 5.97 Å². The molecule has 0 unspecified atom stereocenters. The second-order valence-corrected chi connectivity index (χ2v) is 3.77. The molecule has 1 fully saturated rings. The second-order valence-electron chi connectivity index (χ2n) is 3.77. The Balaban J connectivity index is 2.15.